The number of hydrogen-bond donors (Lipinski definition) is 2. The predicted molar refractivity (Wildman–Crippen MR) is 122 cm³/mol. The second kappa shape index (κ2) is 9.08. The zero-order chi connectivity index (χ0) is 24.6. The van der Waals surface area contributed by atoms with E-state index in [9.17, 15) is 24.0 Å². The maximum atomic E-state index is 12.9. The highest BCUT2D eigenvalue weighted by Crippen LogP contribution is 2.32. The quantitative estimate of drug-likeness (QED) is 0.649. The Morgan fingerprint density at radius 1 is 1.18 bits per heavy atom. The largest absolute Gasteiger partial charge is 0.444 e. The van der Waals surface area contributed by atoms with Gasteiger partial charge >= 0.3 is 6.09 Å². The summed E-state index contributed by atoms with van der Waals surface area (Å²) in [6.45, 7) is 6.63. The van der Waals surface area contributed by atoms with Crippen LogP contribution in [0, 0.1) is 5.92 Å². The van der Waals surface area contributed by atoms with Gasteiger partial charge in [0.15, 0.2) is 0 Å². The molecule has 34 heavy (non-hydrogen) atoms. The Morgan fingerprint density at radius 2 is 1.94 bits per heavy atom. The van der Waals surface area contributed by atoms with E-state index in [0.717, 1.165) is 0 Å². The molecule has 10 heteroatoms. The Morgan fingerprint density at radius 3 is 2.65 bits per heavy atom. The Kier molecular flexibility index (Phi) is 6.33. The molecule has 0 spiro atoms. The van der Waals surface area contributed by atoms with E-state index >= 15 is 0 Å². The number of carbonyl (C=O) groups is 5. The van der Waals surface area contributed by atoms with E-state index in [0.29, 0.717) is 36.3 Å². The number of rotatable bonds is 4. The van der Waals surface area contributed by atoms with Gasteiger partial charge in [0.1, 0.15) is 11.6 Å². The highest BCUT2D eigenvalue weighted by Gasteiger charge is 2.40. The van der Waals surface area contributed by atoms with Crippen LogP contribution in [0.1, 0.15) is 62.4 Å². The van der Waals surface area contributed by atoms with E-state index in [-0.39, 0.29) is 55.5 Å². The molecule has 2 N–H and O–H groups in total. The molecule has 2 atom stereocenters. The lowest BCUT2D eigenvalue weighted by atomic mass is 10.0. The Hall–Kier alpha value is -3.43. The number of piperidine rings is 1. The molecular formula is C24H30N4O6. The minimum Gasteiger partial charge on any atom is -0.444 e. The first-order chi connectivity index (χ1) is 16.0. The van der Waals surface area contributed by atoms with Gasteiger partial charge in [-0.2, -0.15) is 0 Å². The molecule has 2 fully saturated rings. The number of anilines is 1. The second-order valence-electron chi connectivity index (χ2n) is 10.1. The van der Waals surface area contributed by atoms with Crippen LogP contribution in [0.3, 0.4) is 0 Å². The van der Waals surface area contributed by atoms with Gasteiger partial charge in [-0.3, -0.25) is 24.5 Å². The van der Waals surface area contributed by atoms with E-state index in [1.807, 2.05) is 20.8 Å². The average molecular weight is 471 g/mol. The molecular weight excluding hydrogens is 440 g/mol. The van der Waals surface area contributed by atoms with E-state index in [1.54, 1.807) is 23.1 Å². The number of benzene rings is 1. The molecule has 0 aromatic heterocycles. The van der Waals surface area contributed by atoms with Crippen LogP contribution in [0.2, 0.25) is 0 Å². The van der Waals surface area contributed by atoms with Gasteiger partial charge < -0.3 is 19.9 Å². The predicted octanol–water partition coefficient (Wildman–Crippen LogP) is 2.03. The topological polar surface area (TPSA) is 125 Å². The standard InChI is InChI=1S/C24H30N4O6/c1-24(2,3)34-23(33)27-10-9-14(12-27)11-20(30)25-17-6-4-5-15-16(17)13-28(22(15)32)18-7-8-19(29)26-21(18)31/h4-6,14,18H,7-13H2,1-3H3,(H,25,30)(H,26,29,31)/t14-,18?/m0/s1. The van der Waals surface area contributed by atoms with Crippen LogP contribution in [0.4, 0.5) is 10.5 Å². The molecule has 3 heterocycles. The fourth-order valence-corrected chi connectivity index (χ4v) is 4.66. The molecule has 2 saturated heterocycles. The van der Waals surface area contributed by atoms with Gasteiger partial charge in [0.2, 0.25) is 17.7 Å². The molecule has 3 aliphatic heterocycles. The first-order valence-corrected chi connectivity index (χ1v) is 11.6. The number of hydrogen-bond acceptors (Lipinski definition) is 6. The van der Waals surface area contributed by atoms with Crippen molar-refractivity contribution in [1.29, 1.82) is 0 Å². The van der Waals surface area contributed by atoms with Gasteiger partial charge in [-0.25, -0.2) is 4.79 Å². The number of fused-ring (bicyclic) bond motifs is 1. The molecule has 182 valence electrons. The van der Waals surface area contributed by atoms with E-state index < -0.39 is 17.6 Å². The van der Waals surface area contributed by atoms with Crippen molar-refractivity contribution in [3.8, 4) is 0 Å². The van der Waals surface area contributed by atoms with Gasteiger partial charge in [0.25, 0.3) is 5.91 Å². The summed E-state index contributed by atoms with van der Waals surface area (Å²) in [5.41, 5.74) is 1.07. The van der Waals surface area contributed by atoms with Crippen LogP contribution in [0.25, 0.3) is 0 Å². The highest BCUT2D eigenvalue weighted by molar-refractivity contribution is 6.06. The maximum Gasteiger partial charge on any atom is 0.410 e. The summed E-state index contributed by atoms with van der Waals surface area (Å²) in [6, 6.07) is 4.40. The summed E-state index contributed by atoms with van der Waals surface area (Å²) >= 11 is 0. The minimum absolute atomic E-state index is 0.0193. The molecule has 0 bridgehead atoms. The first kappa shape index (κ1) is 23.7. The minimum atomic E-state index is -0.710. The van der Waals surface area contributed by atoms with Crippen molar-refractivity contribution in [3.63, 3.8) is 0 Å². The van der Waals surface area contributed by atoms with Crippen molar-refractivity contribution in [2.45, 2.75) is 64.6 Å². The van der Waals surface area contributed by atoms with Crippen LogP contribution < -0.4 is 10.6 Å². The summed E-state index contributed by atoms with van der Waals surface area (Å²) in [6.07, 6.45) is 1.04. The van der Waals surface area contributed by atoms with Gasteiger partial charge in [0.05, 0.1) is 0 Å². The molecule has 1 unspecified atom stereocenters. The van der Waals surface area contributed by atoms with Crippen molar-refractivity contribution in [1.82, 2.24) is 15.1 Å². The summed E-state index contributed by atoms with van der Waals surface area (Å²) in [7, 11) is 0. The summed E-state index contributed by atoms with van der Waals surface area (Å²) < 4.78 is 5.41. The maximum absolute atomic E-state index is 12.9. The molecule has 10 nitrogen and oxygen atoms in total. The second-order valence-corrected chi connectivity index (χ2v) is 10.1. The third-order valence-electron chi connectivity index (χ3n) is 6.27. The van der Waals surface area contributed by atoms with Crippen molar-refractivity contribution >= 4 is 35.4 Å². The normalized spacial score (nSPS) is 22.5. The lowest BCUT2D eigenvalue weighted by Crippen LogP contribution is -2.52. The number of imide groups is 1. The van der Waals surface area contributed by atoms with Gasteiger partial charge in [-0.15, -0.1) is 0 Å². The Balaban J connectivity index is 1.37. The Labute approximate surface area is 198 Å². The van der Waals surface area contributed by atoms with Gasteiger partial charge in [-0.1, -0.05) is 6.07 Å². The number of nitrogens with zero attached hydrogens (tertiary/aromatic N) is 2. The van der Waals surface area contributed by atoms with Crippen LogP contribution in [-0.4, -0.2) is 64.3 Å². The fraction of sp³-hybridized carbons (Fsp3) is 0.542. The summed E-state index contributed by atoms with van der Waals surface area (Å²) in [5, 5.41) is 5.19. The molecule has 1 aromatic rings. The lowest BCUT2D eigenvalue weighted by Gasteiger charge is -2.29. The number of amides is 5. The number of ether oxygens (including phenoxy) is 1. The number of likely N-dealkylation sites (tertiary alicyclic amines) is 1. The van der Waals surface area contributed by atoms with E-state index in [2.05, 4.69) is 10.6 Å². The zero-order valence-corrected chi connectivity index (χ0v) is 19.7. The third kappa shape index (κ3) is 5.05. The lowest BCUT2D eigenvalue weighted by molar-refractivity contribution is -0.137. The number of nitrogens with one attached hydrogen (secondary N) is 2. The highest BCUT2D eigenvalue weighted by atomic mass is 16.6. The van der Waals surface area contributed by atoms with Crippen molar-refractivity contribution in [2.24, 2.45) is 5.92 Å². The smallest absolute Gasteiger partial charge is 0.410 e. The van der Waals surface area contributed by atoms with Gasteiger partial charge in [0, 0.05) is 49.3 Å². The van der Waals surface area contributed by atoms with Crippen LogP contribution >= 0.6 is 0 Å². The Bertz CT molecular complexity index is 1050. The molecule has 1 aromatic carbocycles. The molecule has 3 aliphatic rings. The monoisotopic (exact) mass is 470 g/mol. The van der Waals surface area contributed by atoms with Gasteiger partial charge in [-0.05, 0) is 51.7 Å². The molecule has 0 radical (unpaired) electrons. The van der Waals surface area contributed by atoms with Crippen molar-refractivity contribution in [2.75, 3.05) is 18.4 Å². The average Bonchev–Trinajstić information content (AvgIpc) is 3.33. The number of carbonyl (C=O) groups excluding carboxylic acids is 5. The first-order valence-electron chi connectivity index (χ1n) is 11.6. The zero-order valence-electron chi connectivity index (χ0n) is 19.7. The van der Waals surface area contributed by atoms with Crippen LogP contribution in [0.5, 0.6) is 0 Å². The SMILES string of the molecule is CC(C)(C)OC(=O)N1CC[C@@H](CC(=O)Nc2cccc3c2CN(C2CCC(=O)NC2=O)C3=O)C1. The molecule has 5 amide bonds. The van der Waals surface area contributed by atoms with Crippen LogP contribution in [-0.2, 0) is 25.7 Å². The molecule has 0 aliphatic carbocycles. The summed E-state index contributed by atoms with van der Waals surface area (Å²) in [4.78, 5) is 64.8. The van der Waals surface area contributed by atoms with E-state index in [1.165, 1.54) is 4.90 Å². The summed E-state index contributed by atoms with van der Waals surface area (Å²) in [5.74, 6) is -1.28. The molecule has 4 rings (SSSR count). The molecule has 0 saturated carbocycles. The van der Waals surface area contributed by atoms with Crippen molar-refractivity contribution < 1.29 is 28.7 Å². The van der Waals surface area contributed by atoms with Crippen molar-refractivity contribution in [3.05, 3.63) is 29.3 Å². The third-order valence-corrected chi connectivity index (χ3v) is 6.27. The van der Waals surface area contributed by atoms with E-state index in [4.69, 9.17) is 4.74 Å². The van der Waals surface area contributed by atoms with Crippen LogP contribution in [0.15, 0.2) is 18.2 Å². The fourth-order valence-electron chi connectivity index (χ4n) is 4.66.